The van der Waals surface area contributed by atoms with Gasteiger partial charge in [0.1, 0.15) is 11.3 Å². The lowest BCUT2D eigenvalue weighted by Gasteiger charge is -2.09. The molecule has 0 aliphatic carbocycles. The fourth-order valence-electron chi connectivity index (χ4n) is 2.95. The fourth-order valence-corrected chi connectivity index (χ4v) is 2.95. The Kier molecular flexibility index (Phi) is 3.90. The van der Waals surface area contributed by atoms with Crippen LogP contribution in [-0.4, -0.2) is 21.6 Å². The summed E-state index contributed by atoms with van der Waals surface area (Å²) in [5, 5.41) is 3.14. The Labute approximate surface area is 145 Å². The summed E-state index contributed by atoms with van der Waals surface area (Å²) in [6.45, 7) is 0.695. The quantitative estimate of drug-likeness (QED) is 0.605. The van der Waals surface area contributed by atoms with Crippen molar-refractivity contribution in [1.82, 2.24) is 14.5 Å². The monoisotopic (exact) mass is 332 g/mol. The van der Waals surface area contributed by atoms with Gasteiger partial charge in [-0.2, -0.15) is 0 Å². The molecule has 1 N–H and O–H groups in total. The van der Waals surface area contributed by atoms with Gasteiger partial charge in [-0.05, 0) is 23.8 Å². The zero-order valence-corrected chi connectivity index (χ0v) is 13.8. The SMILES string of the molecule is CNc1nc2cnc(-c3cccc(F)c3)cc2n1Cc1ccccc1. The normalized spacial score (nSPS) is 11.0. The highest BCUT2D eigenvalue weighted by molar-refractivity contribution is 5.82. The first kappa shape index (κ1) is 15.3. The number of pyridine rings is 1. The molecule has 0 amide bonds. The van der Waals surface area contributed by atoms with E-state index in [2.05, 4.69) is 32.0 Å². The highest BCUT2D eigenvalue weighted by atomic mass is 19.1. The van der Waals surface area contributed by atoms with Crippen LogP contribution < -0.4 is 5.32 Å². The molecule has 0 aliphatic heterocycles. The lowest BCUT2D eigenvalue weighted by Crippen LogP contribution is -2.05. The maximum atomic E-state index is 13.5. The maximum Gasteiger partial charge on any atom is 0.203 e. The minimum Gasteiger partial charge on any atom is -0.359 e. The molecule has 2 heterocycles. The first-order valence-corrected chi connectivity index (χ1v) is 8.08. The second-order valence-corrected chi connectivity index (χ2v) is 5.83. The number of hydrogen-bond donors (Lipinski definition) is 1. The number of imidazole rings is 1. The maximum absolute atomic E-state index is 13.5. The zero-order chi connectivity index (χ0) is 17.2. The molecular formula is C20H17FN4. The molecule has 25 heavy (non-hydrogen) atoms. The number of nitrogens with one attached hydrogen (secondary N) is 1. The third-order valence-electron chi connectivity index (χ3n) is 4.16. The predicted molar refractivity (Wildman–Crippen MR) is 98.0 cm³/mol. The molecular weight excluding hydrogens is 315 g/mol. The predicted octanol–water partition coefficient (Wildman–Crippen LogP) is 4.33. The Bertz CT molecular complexity index is 1020. The van der Waals surface area contributed by atoms with Crippen molar-refractivity contribution in [2.75, 3.05) is 12.4 Å². The molecule has 0 atom stereocenters. The molecule has 0 unspecified atom stereocenters. The number of aromatic nitrogens is 3. The van der Waals surface area contributed by atoms with Gasteiger partial charge in [-0.3, -0.25) is 4.98 Å². The molecule has 4 nitrogen and oxygen atoms in total. The second kappa shape index (κ2) is 6.36. The second-order valence-electron chi connectivity index (χ2n) is 5.83. The van der Waals surface area contributed by atoms with E-state index in [-0.39, 0.29) is 5.82 Å². The van der Waals surface area contributed by atoms with Gasteiger partial charge in [0.15, 0.2) is 0 Å². The topological polar surface area (TPSA) is 42.7 Å². The van der Waals surface area contributed by atoms with E-state index >= 15 is 0 Å². The molecule has 4 aromatic rings. The van der Waals surface area contributed by atoms with Crippen molar-refractivity contribution in [3.05, 3.63) is 78.2 Å². The van der Waals surface area contributed by atoms with E-state index in [0.717, 1.165) is 28.2 Å². The smallest absolute Gasteiger partial charge is 0.203 e. The van der Waals surface area contributed by atoms with E-state index in [1.54, 1.807) is 12.3 Å². The molecule has 0 saturated carbocycles. The lowest BCUT2D eigenvalue weighted by atomic mass is 10.1. The average molecular weight is 332 g/mol. The summed E-state index contributed by atoms with van der Waals surface area (Å²) in [5.74, 6) is 0.505. The Balaban J connectivity index is 1.84. The number of anilines is 1. The molecule has 0 bridgehead atoms. The van der Waals surface area contributed by atoms with Gasteiger partial charge in [0.25, 0.3) is 0 Å². The fraction of sp³-hybridized carbons (Fsp3) is 0.100. The molecule has 0 radical (unpaired) electrons. The summed E-state index contributed by atoms with van der Waals surface area (Å²) in [5.41, 5.74) is 4.43. The molecule has 5 heteroatoms. The molecule has 0 aliphatic rings. The van der Waals surface area contributed by atoms with E-state index in [4.69, 9.17) is 0 Å². The number of nitrogens with zero attached hydrogens (tertiary/aromatic N) is 3. The van der Waals surface area contributed by atoms with Crippen LogP contribution in [0.5, 0.6) is 0 Å². The van der Waals surface area contributed by atoms with Crippen LogP contribution in [0.25, 0.3) is 22.3 Å². The average Bonchev–Trinajstić information content (AvgIpc) is 2.99. The third-order valence-corrected chi connectivity index (χ3v) is 4.16. The van der Waals surface area contributed by atoms with E-state index in [1.165, 1.54) is 17.7 Å². The van der Waals surface area contributed by atoms with Crippen molar-refractivity contribution in [3.8, 4) is 11.3 Å². The van der Waals surface area contributed by atoms with E-state index in [1.807, 2.05) is 37.4 Å². The summed E-state index contributed by atoms with van der Waals surface area (Å²) in [7, 11) is 1.85. The summed E-state index contributed by atoms with van der Waals surface area (Å²) < 4.78 is 15.6. The first-order valence-electron chi connectivity index (χ1n) is 8.08. The zero-order valence-electron chi connectivity index (χ0n) is 13.8. The highest BCUT2D eigenvalue weighted by Crippen LogP contribution is 2.25. The molecule has 4 rings (SSSR count). The summed E-state index contributed by atoms with van der Waals surface area (Å²) in [6.07, 6.45) is 1.73. The van der Waals surface area contributed by atoms with Crippen LogP contribution in [0.3, 0.4) is 0 Å². The van der Waals surface area contributed by atoms with Gasteiger partial charge in [0, 0.05) is 12.6 Å². The minimum atomic E-state index is -0.270. The number of fused-ring (bicyclic) bond motifs is 1. The van der Waals surface area contributed by atoms with E-state index in [9.17, 15) is 4.39 Å². The standard InChI is InChI=1S/C20H17FN4/c1-22-20-24-18-12-23-17(15-8-5-9-16(21)10-15)11-19(18)25(20)13-14-6-3-2-4-7-14/h2-12H,13H2,1H3,(H,22,24). The van der Waals surface area contributed by atoms with Gasteiger partial charge < -0.3 is 9.88 Å². The van der Waals surface area contributed by atoms with Gasteiger partial charge in [-0.1, -0.05) is 42.5 Å². The first-order chi connectivity index (χ1) is 12.2. The van der Waals surface area contributed by atoms with Gasteiger partial charge in [0.2, 0.25) is 5.95 Å². The summed E-state index contributed by atoms with van der Waals surface area (Å²) >= 11 is 0. The Hall–Kier alpha value is -3.21. The van der Waals surface area contributed by atoms with Crippen LogP contribution in [0, 0.1) is 5.82 Å². The van der Waals surface area contributed by atoms with Crippen LogP contribution in [0.2, 0.25) is 0 Å². The summed E-state index contributed by atoms with van der Waals surface area (Å²) in [4.78, 5) is 9.04. The Morgan fingerprint density at radius 2 is 1.88 bits per heavy atom. The number of halogens is 1. The largest absolute Gasteiger partial charge is 0.359 e. The van der Waals surface area contributed by atoms with Crippen molar-refractivity contribution >= 4 is 17.0 Å². The van der Waals surface area contributed by atoms with Crippen molar-refractivity contribution in [2.45, 2.75) is 6.54 Å². The van der Waals surface area contributed by atoms with Crippen molar-refractivity contribution in [2.24, 2.45) is 0 Å². The molecule has 0 spiro atoms. The highest BCUT2D eigenvalue weighted by Gasteiger charge is 2.12. The van der Waals surface area contributed by atoms with Crippen molar-refractivity contribution < 1.29 is 4.39 Å². The van der Waals surface area contributed by atoms with Crippen LogP contribution in [0.15, 0.2) is 66.9 Å². The van der Waals surface area contributed by atoms with Gasteiger partial charge in [-0.15, -0.1) is 0 Å². The molecule has 0 saturated heterocycles. The Morgan fingerprint density at radius 3 is 2.64 bits per heavy atom. The molecule has 124 valence electrons. The van der Waals surface area contributed by atoms with E-state index in [0.29, 0.717) is 6.54 Å². The van der Waals surface area contributed by atoms with Crippen LogP contribution in [0.1, 0.15) is 5.56 Å². The van der Waals surface area contributed by atoms with Crippen LogP contribution >= 0.6 is 0 Å². The van der Waals surface area contributed by atoms with Gasteiger partial charge >= 0.3 is 0 Å². The Morgan fingerprint density at radius 1 is 1.04 bits per heavy atom. The molecule has 2 aromatic heterocycles. The number of hydrogen-bond acceptors (Lipinski definition) is 3. The van der Waals surface area contributed by atoms with Crippen molar-refractivity contribution in [1.29, 1.82) is 0 Å². The number of benzene rings is 2. The van der Waals surface area contributed by atoms with Crippen molar-refractivity contribution in [3.63, 3.8) is 0 Å². The van der Waals surface area contributed by atoms with Gasteiger partial charge in [-0.25, -0.2) is 9.37 Å². The van der Waals surface area contributed by atoms with Crippen LogP contribution in [0.4, 0.5) is 10.3 Å². The molecule has 0 fully saturated rings. The van der Waals surface area contributed by atoms with Crippen LogP contribution in [-0.2, 0) is 6.54 Å². The van der Waals surface area contributed by atoms with E-state index < -0.39 is 0 Å². The number of rotatable bonds is 4. The third kappa shape index (κ3) is 2.96. The molecule has 2 aromatic carbocycles. The lowest BCUT2D eigenvalue weighted by molar-refractivity contribution is 0.628. The van der Waals surface area contributed by atoms with Gasteiger partial charge in [0.05, 0.1) is 24.0 Å². The summed E-state index contributed by atoms with van der Waals surface area (Å²) in [6, 6.07) is 18.6. The minimum absolute atomic E-state index is 0.270.